The number of piperidine rings is 1. The first kappa shape index (κ1) is 22.2. The van der Waals surface area contributed by atoms with Crippen LogP contribution in [0, 0.1) is 5.92 Å². The second-order valence-electron chi connectivity index (χ2n) is 9.95. The molecule has 5 rings (SSSR count). The second-order valence-corrected chi connectivity index (χ2v) is 12.1. The van der Waals surface area contributed by atoms with E-state index in [1.807, 2.05) is 36.1 Å². The fourth-order valence-electron chi connectivity index (χ4n) is 4.67. The van der Waals surface area contributed by atoms with Crippen LogP contribution in [0.2, 0.25) is 0 Å². The molecule has 0 bridgehead atoms. The molecule has 1 saturated carbocycles. The predicted octanol–water partition coefficient (Wildman–Crippen LogP) is 4.00. The van der Waals surface area contributed by atoms with E-state index in [1.54, 1.807) is 6.20 Å². The molecular formula is C25H30N2O5S. The van der Waals surface area contributed by atoms with Gasteiger partial charge in [0.1, 0.15) is 17.5 Å². The van der Waals surface area contributed by atoms with Gasteiger partial charge in [-0.2, -0.15) is 0 Å². The molecule has 1 saturated heterocycles. The summed E-state index contributed by atoms with van der Waals surface area (Å²) in [7, 11) is -3.05. The van der Waals surface area contributed by atoms with Crippen molar-refractivity contribution in [2.24, 2.45) is 5.92 Å². The smallest absolute Gasteiger partial charge is 0.410 e. The molecule has 0 radical (unpaired) electrons. The van der Waals surface area contributed by atoms with Crippen molar-refractivity contribution in [2.45, 2.75) is 56.5 Å². The molecule has 8 heteroatoms. The first-order valence-corrected chi connectivity index (χ1v) is 13.6. The highest BCUT2D eigenvalue weighted by Crippen LogP contribution is 2.40. The molecule has 1 amide bonds. The lowest BCUT2D eigenvalue weighted by molar-refractivity contribution is 0.0379. The van der Waals surface area contributed by atoms with Crippen LogP contribution in [0.4, 0.5) is 4.79 Å². The van der Waals surface area contributed by atoms with Gasteiger partial charge in [0.15, 0.2) is 9.84 Å². The van der Waals surface area contributed by atoms with Gasteiger partial charge >= 0.3 is 6.09 Å². The Morgan fingerprint density at radius 3 is 2.55 bits per heavy atom. The zero-order valence-electron chi connectivity index (χ0n) is 19.1. The van der Waals surface area contributed by atoms with Crippen LogP contribution in [0.3, 0.4) is 0 Å². The van der Waals surface area contributed by atoms with E-state index in [9.17, 15) is 13.2 Å². The SMILES string of the molecule is CC1(OC(=O)N2CCC(C3Cc4cc(-c5ccc(CS(C)(=O)=O)cc5)ncc4O3)CC2)CC1. The number of aromatic nitrogens is 1. The highest BCUT2D eigenvalue weighted by molar-refractivity contribution is 7.89. The molecule has 0 spiro atoms. The quantitative estimate of drug-likeness (QED) is 0.657. The van der Waals surface area contributed by atoms with Gasteiger partial charge in [-0.1, -0.05) is 24.3 Å². The summed E-state index contributed by atoms with van der Waals surface area (Å²) in [6.07, 6.45) is 7.53. The van der Waals surface area contributed by atoms with Gasteiger partial charge in [0.2, 0.25) is 0 Å². The van der Waals surface area contributed by atoms with E-state index < -0.39 is 9.84 Å². The van der Waals surface area contributed by atoms with E-state index in [4.69, 9.17) is 9.47 Å². The van der Waals surface area contributed by atoms with Gasteiger partial charge in [-0.25, -0.2) is 13.2 Å². The highest BCUT2D eigenvalue weighted by Gasteiger charge is 2.43. The number of hydrogen-bond acceptors (Lipinski definition) is 6. The molecule has 3 aliphatic rings. The van der Waals surface area contributed by atoms with Crippen LogP contribution in [0.1, 0.15) is 43.7 Å². The van der Waals surface area contributed by atoms with Crippen LogP contribution in [-0.4, -0.2) is 55.4 Å². The third-order valence-corrected chi connectivity index (χ3v) is 7.80. The Labute approximate surface area is 195 Å². The summed E-state index contributed by atoms with van der Waals surface area (Å²) in [5.74, 6) is 1.27. The topological polar surface area (TPSA) is 85.8 Å². The third kappa shape index (κ3) is 5.16. The van der Waals surface area contributed by atoms with Gasteiger partial charge in [-0.3, -0.25) is 4.98 Å². The number of carbonyl (C=O) groups is 1. The summed E-state index contributed by atoms with van der Waals surface area (Å²) in [5, 5.41) is 0. The molecule has 2 aromatic rings. The van der Waals surface area contributed by atoms with Crippen LogP contribution in [0.15, 0.2) is 36.5 Å². The number of pyridine rings is 1. The monoisotopic (exact) mass is 470 g/mol. The summed E-state index contributed by atoms with van der Waals surface area (Å²) in [6.45, 7) is 3.41. The molecule has 1 aromatic heterocycles. The molecule has 1 aromatic carbocycles. The lowest BCUT2D eigenvalue weighted by atomic mass is 9.89. The number of rotatable bonds is 5. The van der Waals surface area contributed by atoms with Gasteiger partial charge < -0.3 is 14.4 Å². The largest absolute Gasteiger partial charge is 0.488 e. The van der Waals surface area contributed by atoms with Gasteiger partial charge in [0.25, 0.3) is 0 Å². The molecule has 2 fully saturated rings. The minimum Gasteiger partial charge on any atom is -0.488 e. The second kappa shape index (κ2) is 8.31. The number of likely N-dealkylation sites (tertiary alicyclic amines) is 1. The van der Waals surface area contributed by atoms with Crippen molar-refractivity contribution in [3.63, 3.8) is 0 Å². The first-order valence-electron chi connectivity index (χ1n) is 11.6. The maximum absolute atomic E-state index is 12.4. The maximum Gasteiger partial charge on any atom is 0.410 e. The average Bonchev–Trinajstić information content (AvgIpc) is 3.34. The molecule has 1 atom stereocenters. The number of benzene rings is 1. The summed E-state index contributed by atoms with van der Waals surface area (Å²) in [6, 6.07) is 9.59. The van der Waals surface area contributed by atoms with E-state index in [-0.39, 0.29) is 23.6 Å². The summed E-state index contributed by atoms with van der Waals surface area (Å²) < 4.78 is 34.8. The van der Waals surface area contributed by atoms with Gasteiger partial charge in [0.05, 0.1) is 17.6 Å². The van der Waals surface area contributed by atoms with Crippen LogP contribution in [0.25, 0.3) is 11.3 Å². The zero-order chi connectivity index (χ0) is 23.2. The number of sulfone groups is 1. The van der Waals surface area contributed by atoms with Gasteiger partial charge in [0, 0.05) is 36.9 Å². The molecule has 2 aliphatic heterocycles. The maximum atomic E-state index is 12.4. The molecule has 3 heterocycles. The van der Waals surface area contributed by atoms with E-state index in [2.05, 4.69) is 11.1 Å². The number of ether oxygens (including phenoxy) is 2. The van der Waals surface area contributed by atoms with Crippen LogP contribution >= 0.6 is 0 Å². The molecule has 176 valence electrons. The third-order valence-electron chi connectivity index (χ3n) is 6.94. The van der Waals surface area contributed by atoms with Crippen molar-refractivity contribution in [3.8, 4) is 17.0 Å². The van der Waals surface area contributed by atoms with Crippen molar-refractivity contribution in [2.75, 3.05) is 19.3 Å². The van der Waals surface area contributed by atoms with Gasteiger partial charge in [-0.05, 0) is 50.2 Å². The lowest BCUT2D eigenvalue weighted by Crippen LogP contribution is -2.43. The Hall–Kier alpha value is -2.61. The van der Waals surface area contributed by atoms with Crippen molar-refractivity contribution in [1.82, 2.24) is 9.88 Å². The van der Waals surface area contributed by atoms with E-state index in [0.29, 0.717) is 19.0 Å². The molecule has 7 nitrogen and oxygen atoms in total. The van der Waals surface area contributed by atoms with Gasteiger partial charge in [-0.15, -0.1) is 0 Å². The van der Waals surface area contributed by atoms with Crippen molar-refractivity contribution >= 4 is 15.9 Å². The standard InChI is InChI=1S/C25H30N2O5S/c1-25(9-10-25)32-24(28)27-11-7-19(8-12-27)22-14-20-13-21(26-15-23(20)31-22)18-5-3-17(4-6-18)16-33(2,29)30/h3-6,13,15,19,22H,7-12,14,16H2,1-2H3. The number of nitrogens with zero attached hydrogens (tertiary/aromatic N) is 2. The summed E-state index contributed by atoms with van der Waals surface area (Å²) in [4.78, 5) is 18.8. The number of fused-ring (bicyclic) bond motifs is 1. The fourth-order valence-corrected chi connectivity index (χ4v) is 5.47. The van der Waals surface area contributed by atoms with Crippen LogP contribution < -0.4 is 4.74 Å². The minimum atomic E-state index is -3.05. The summed E-state index contributed by atoms with van der Waals surface area (Å²) >= 11 is 0. The minimum absolute atomic E-state index is 0.0380. The number of amides is 1. The van der Waals surface area contributed by atoms with Crippen molar-refractivity contribution < 1.29 is 22.7 Å². The van der Waals surface area contributed by atoms with Crippen LogP contribution in [-0.2, 0) is 26.7 Å². The molecule has 1 unspecified atom stereocenters. The predicted molar refractivity (Wildman–Crippen MR) is 125 cm³/mol. The van der Waals surface area contributed by atoms with E-state index >= 15 is 0 Å². The van der Waals surface area contributed by atoms with E-state index in [1.165, 1.54) is 6.26 Å². The Kier molecular flexibility index (Phi) is 5.59. The molecule has 0 N–H and O–H groups in total. The van der Waals surface area contributed by atoms with Crippen LogP contribution in [0.5, 0.6) is 5.75 Å². The van der Waals surface area contributed by atoms with E-state index in [0.717, 1.165) is 60.2 Å². The van der Waals surface area contributed by atoms with Crippen molar-refractivity contribution in [1.29, 1.82) is 0 Å². The first-order chi connectivity index (χ1) is 15.7. The number of carbonyl (C=O) groups excluding carboxylic acids is 1. The Balaban J connectivity index is 1.19. The molecule has 33 heavy (non-hydrogen) atoms. The fraction of sp³-hybridized carbons (Fsp3) is 0.520. The Morgan fingerprint density at radius 1 is 1.21 bits per heavy atom. The molecular weight excluding hydrogens is 440 g/mol. The molecule has 1 aliphatic carbocycles. The zero-order valence-corrected chi connectivity index (χ0v) is 19.9. The Bertz CT molecular complexity index is 1150. The lowest BCUT2D eigenvalue weighted by Gasteiger charge is -2.34. The average molecular weight is 471 g/mol. The van der Waals surface area contributed by atoms with Crippen molar-refractivity contribution in [3.05, 3.63) is 47.7 Å². The normalized spacial score (nSPS) is 21.9. The Morgan fingerprint density at radius 2 is 1.91 bits per heavy atom. The highest BCUT2D eigenvalue weighted by atomic mass is 32.2. The summed E-state index contributed by atoms with van der Waals surface area (Å²) in [5.41, 5.74) is 3.49. The number of hydrogen-bond donors (Lipinski definition) is 0.